The van der Waals surface area contributed by atoms with Gasteiger partial charge in [-0.05, 0) is 25.7 Å². The summed E-state index contributed by atoms with van der Waals surface area (Å²) in [6.07, 6.45) is 6.13. The number of hydrogen-bond donors (Lipinski definition) is 2. The monoisotopic (exact) mass is 404 g/mol. The van der Waals surface area contributed by atoms with Crippen LogP contribution in [-0.4, -0.2) is 45.8 Å². The van der Waals surface area contributed by atoms with Crippen molar-refractivity contribution < 1.29 is 0 Å². The van der Waals surface area contributed by atoms with Crippen LogP contribution in [0.25, 0.3) is 4.95 Å². The van der Waals surface area contributed by atoms with Crippen molar-refractivity contribution in [1.29, 1.82) is 5.26 Å². The van der Waals surface area contributed by atoms with Gasteiger partial charge in [0.05, 0.1) is 6.42 Å². The molecule has 0 radical (unpaired) electrons. The highest BCUT2D eigenvalue weighted by Crippen LogP contribution is 2.47. The van der Waals surface area contributed by atoms with Crippen LogP contribution in [0.4, 0.5) is 0 Å². The van der Waals surface area contributed by atoms with Crippen LogP contribution in [-0.2, 0) is 0 Å². The Hall–Kier alpha value is -2.30. The molecule has 2 fully saturated rings. The average molecular weight is 405 g/mol. The lowest BCUT2D eigenvalue weighted by Crippen LogP contribution is -2.49. The number of hydrogen-bond acceptors (Lipinski definition) is 5. The van der Waals surface area contributed by atoms with Gasteiger partial charge in [-0.3, -0.25) is 20.9 Å². The van der Waals surface area contributed by atoms with E-state index in [1.807, 2.05) is 0 Å². The quantitative estimate of drug-likeness (QED) is 0.186. The summed E-state index contributed by atoms with van der Waals surface area (Å²) in [5.41, 5.74) is 6.13. The Kier molecular flexibility index (Phi) is 6.34. The SMILES string of the molecule is [C-]#[N+]/N=C(\CC(=NC#N)NN(C)C(=S)C1(C)CC1)NN(C)C(=S)C1(C)CC1. The molecule has 0 spiro atoms. The minimum Gasteiger partial charge on any atom is -0.284 e. The molecule has 2 aliphatic rings. The second-order valence-electron chi connectivity index (χ2n) is 7.56. The first-order valence-corrected chi connectivity index (χ1v) is 9.45. The fourth-order valence-corrected chi connectivity index (χ4v) is 3.08. The van der Waals surface area contributed by atoms with E-state index in [9.17, 15) is 0 Å². The maximum Gasteiger partial charge on any atom is 0.211 e. The largest absolute Gasteiger partial charge is 0.284 e. The fourth-order valence-electron chi connectivity index (χ4n) is 2.58. The van der Waals surface area contributed by atoms with Gasteiger partial charge in [0.25, 0.3) is 0 Å². The second kappa shape index (κ2) is 8.15. The Morgan fingerprint density at radius 3 is 1.89 bits per heavy atom. The summed E-state index contributed by atoms with van der Waals surface area (Å²) in [4.78, 5) is 8.46. The molecule has 0 aromatic heterocycles. The van der Waals surface area contributed by atoms with E-state index in [1.54, 1.807) is 30.3 Å². The number of rotatable bonds is 4. The van der Waals surface area contributed by atoms with E-state index in [0.717, 1.165) is 35.7 Å². The van der Waals surface area contributed by atoms with Crippen molar-refractivity contribution in [3.05, 3.63) is 11.5 Å². The first kappa shape index (κ1) is 21.0. The number of thiocarbonyl (C=S) groups is 2. The maximum atomic E-state index is 9.01. The van der Waals surface area contributed by atoms with Crippen molar-refractivity contribution in [2.24, 2.45) is 20.9 Å². The smallest absolute Gasteiger partial charge is 0.211 e. The number of nitrogens with zero attached hydrogens (tertiary/aromatic N) is 6. The zero-order valence-electron chi connectivity index (χ0n) is 16.0. The van der Waals surface area contributed by atoms with Gasteiger partial charge >= 0.3 is 0 Å². The number of amidine groups is 2. The summed E-state index contributed by atoms with van der Waals surface area (Å²) < 4.78 is 0. The molecule has 2 N–H and O–H groups in total. The van der Waals surface area contributed by atoms with Crippen molar-refractivity contribution in [3.63, 3.8) is 0 Å². The van der Waals surface area contributed by atoms with Crippen molar-refractivity contribution in [2.45, 2.75) is 46.0 Å². The van der Waals surface area contributed by atoms with E-state index < -0.39 is 0 Å². The summed E-state index contributed by atoms with van der Waals surface area (Å²) in [6, 6.07) is 0. The Morgan fingerprint density at radius 1 is 1.07 bits per heavy atom. The summed E-state index contributed by atoms with van der Waals surface area (Å²) >= 11 is 11.0. The number of nitrogens with one attached hydrogen (secondary N) is 2. The predicted octanol–water partition coefficient (Wildman–Crippen LogP) is 2.62. The van der Waals surface area contributed by atoms with Crippen molar-refractivity contribution >= 4 is 46.1 Å². The molecule has 0 amide bonds. The van der Waals surface area contributed by atoms with Crippen LogP contribution in [0, 0.1) is 28.9 Å². The summed E-state index contributed by atoms with van der Waals surface area (Å²) in [5.74, 6) is 0.691. The number of hydrazine groups is 2. The summed E-state index contributed by atoms with van der Waals surface area (Å²) in [6.45, 7) is 11.3. The Morgan fingerprint density at radius 2 is 1.52 bits per heavy atom. The average Bonchev–Trinajstić information content (AvgIpc) is 3.53. The summed E-state index contributed by atoms with van der Waals surface area (Å²) in [5, 5.41) is 16.2. The molecular weight excluding hydrogens is 380 g/mol. The first-order chi connectivity index (χ1) is 12.6. The van der Waals surface area contributed by atoms with Gasteiger partial charge in [-0.25, -0.2) is 0 Å². The van der Waals surface area contributed by atoms with E-state index >= 15 is 0 Å². The standard InChI is InChI=1S/C17H24N8S2/c1-16(6-7-16)14(26)24(4)22-12(20-11-18)10-13(21-19-3)23-25(5)15(27)17(2)8-9-17/h6-10H2,1-2,4-5H3,(H,20,22)(H,21,23). The molecule has 2 aliphatic carbocycles. The van der Waals surface area contributed by atoms with E-state index in [-0.39, 0.29) is 17.3 Å². The van der Waals surface area contributed by atoms with Gasteiger partial charge in [0, 0.05) is 24.9 Å². The van der Waals surface area contributed by atoms with Gasteiger partial charge < -0.3 is 0 Å². The predicted molar refractivity (Wildman–Crippen MR) is 113 cm³/mol. The highest BCUT2D eigenvalue weighted by molar-refractivity contribution is 7.80. The Balaban J connectivity index is 2.03. The van der Waals surface area contributed by atoms with E-state index in [1.165, 1.54) is 0 Å². The van der Waals surface area contributed by atoms with Crippen LogP contribution in [0.15, 0.2) is 10.1 Å². The third-order valence-corrected chi connectivity index (χ3v) is 6.46. The maximum absolute atomic E-state index is 9.01. The molecule has 27 heavy (non-hydrogen) atoms. The van der Waals surface area contributed by atoms with Gasteiger partial charge in [-0.15, -0.1) is 4.95 Å². The zero-order chi connectivity index (χ0) is 20.2. The highest BCUT2D eigenvalue weighted by atomic mass is 32.1. The minimum atomic E-state index is 0.0205. The van der Waals surface area contributed by atoms with Crippen molar-refractivity contribution in [2.75, 3.05) is 14.1 Å². The molecule has 0 aromatic rings. The minimum absolute atomic E-state index is 0.0205. The summed E-state index contributed by atoms with van der Waals surface area (Å²) in [7, 11) is 3.60. The number of nitriles is 1. The zero-order valence-corrected chi connectivity index (χ0v) is 17.7. The molecule has 0 heterocycles. The fraction of sp³-hybridized carbons (Fsp3) is 0.647. The van der Waals surface area contributed by atoms with Crippen LogP contribution in [0.1, 0.15) is 46.0 Å². The molecule has 0 atom stereocenters. The molecule has 0 saturated heterocycles. The van der Waals surface area contributed by atoms with E-state index in [4.69, 9.17) is 36.3 Å². The second-order valence-corrected chi connectivity index (χ2v) is 8.33. The van der Waals surface area contributed by atoms with Gasteiger partial charge in [-0.2, -0.15) is 16.8 Å². The lowest BCUT2D eigenvalue weighted by Gasteiger charge is -2.27. The topological polar surface area (TPSA) is 83.4 Å². The molecule has 0 aliphatic heterocycles. The molecule has 0 aromatic carbocycles. The Bertz CT molecular complexity index is 701. The third-order valence-electron chi connectivity index (χ3n) is 4.93. The lowest BCUT2D eigenvalue weighted by atomic mass is 10.1. The molecule has 0 bridgehead atoms. The number of aliphatic imine (C=N–C) groups is 1. The van der Waals surface area contributed by atoms with Gasteiger partial charge in [0.1, 0.15) is 20.9 Å². The molecule has 0 unspecified atom stereocenters. The molecular formula is C17H24N8S2. The molecule has 8 nitrogen and oxygen atoms in total. The van der Waals surface area contributed by atoms with E-state index in [2.05, 4.69) is 39.7 Å². The lowest BCUT2D eigenvalue weighted by molar-refractivity contribution is 0.424. The third kappa shape index (κ3) is 5.34. The first-order valence-electron chi connectivity index (χ1n) is 8.64. The van der Waals surface area contributed by atoms with Crippen LogP contribution in [0.3, 0.4) is 0 Å². The van der Waals surface area contributed by atoms with Crippen LogP contribution in [0.2, 0.25) is 0 Å². The van der Waals surface area contributed by atoms with Crippen LogP contribution >= 0.6 is 24.4 Å². The van der Waals surface area contributed by atoms with Crippen LogP contribution < -0.4 is 10.9 Å². The molecule has 2 saturated carbocycles. The molecule has 144 valence electrons. The Labute approximate surface area is 171 Å². The normalized spacial score (nSPS) is 19.2. The van der Waals surface area contributed by atoms with E-state index in [0.29, 0.717) is 11.7 Å². The van der Waals surface area contributed by atoms with Gasteiger partial charge in [-0.1, -0.05) is 38.3 Å². The van der Waals surface area contributed by atoms with Crippen LogP contribution in [0.5, 0.6) is 0 Å². The van der Waals surface area contributed by atoms with Crippen molar-refractivity contribution in [1.82, 2.24) is 20.9 Å². The molecule has 10 heteroatoms. The van der Waals surface area contributed by atoms with Crippen molar-refractivity contribution in [3.8, 4) is 6.19 Å². The highest BCUT2D eigenvalue weighted by Gasteiger charge is 2.44. The molecule has 2 rings (SSSR count). The van der Waals surface area contributed by atoms with Gasteiger partial charge in [0.2, 0.25) is 12.0 Å². The van der Waals surface area contributed by atoms with Gasteiger partial charge in [0.15, 0.2) is 0 Å².